The van der Waals surface area contributed by atoms with Crippen molar-refractivity contribution in [2.45, 2.75) is 64.7 Å². The van der Waals surface area contributed by atoms with Crippen LogP contribution in [-0.2, 0) is 0 Å². The Morgan fingerprint density at radius 1 is 1.07 bits per heavy atom. The zero-order valence-corrected chi connectivity index (χ0v) is 11.9. The highest BCUT2D eigenvalue weighted by Crippen LogP contribution is 2.18. The Bertz CT molecular complexity index is 131. The smallest absolute Gasteiger partial charge is 0.00597 e. The van der Waals surface area contributed by atoms with Crippen molar-refractivity contribution in [3.05, 3.63) is 12.7 Å². The second kappa shape index (κ2) is 12.3. The number of rotatable bonds is 11. The van der Waals surface area contributed by atoms with Gasteiger partial charge in [0.2, 0.25) is 0 Å². The van der Waals surface area contributed by atoms with Crippen LogP contribution in [0.25, 0.3) is 0 Å². The van der Waals surface area contributed by atoms with E-state index in [0.29, 0.717) is 0 Å². The molecule has 90 valence electrons. The van der Waals surface area contributed by atoms with Crippen molar-refractivity contribution in [1.82, 2.24) is 0 Å². The molecule has 0 aliphatic rings. The lowest BCUT2D eigenvalue weighted by Gasteiger charge is -2.12. The van der Waals surface area contributed by atoms with E-state index in [-0.39, 0.29) is 0 Å². The molecule has 0 rings (SSSR count). The average Bonchev–Trinajstić information content (AvgIpc) is 2.27. The van der Waals surface area contributed by atoms with Crippen LogP contribution in [0.15, 0.2) is 12.7 Å². The Hall–Kier alpha value is 0.220. The lowest BCUT2D eigenvalue weighted by atomic mass is 9.97. The molecular weight excluding hydrogens is 248 g/mol. The van der Waals surface area contributed by atoms with Crippen molar-refractivity contribution in [2.75, 3.05) is 5.33 Å². The summed E-state index contributed by atoms with van der Waals surface area (Å²) >= 11 is 3.61. The first kappa shape index (κ1) is 15.2. The number of unbranched alkanes of at least 4 members (excludes halogenated alkanes) is 5. The number of halogens is 1. The van der Waals surface area contributed by atoms with Crippen LogP contribution in [0.5, 0.6) is 0 Å². The maximum absolute atomic E-state index is 3.78. The average molecular weight is 275 g/mol. The molecule has 1 unspecified atom stereocenters. The van der Waals surface area contributed by atoms with Gasteiger partial charge in [-0.25, -0.2) is 0 Å². The monoisotopic (exact) mass is 274 g/mol. The van der Waals surface area contributed by atoms with E-state index in [9.17, 15) is 0 Å². The number of allylic oxidation sites excluding steroid dienone is 1. The molecule has 0 radical (unpaired) electrons. The minimum atomic E-state index is 0.870. The molecule has 1 atom stereocenters. The highest BCUT2D eigenvalue weighted by molar-refractivity contribution is 9.09. The SMILES string of the molecule is C=CCCC(CBr)CCCCCCCC. The molecule has 0 fully saturated rings. The molecule has 0 saturated heterocycles. The first-order chi connectivity index (χ1) is 7.35. The van der Waals surface area contributed by atoms with Crippen LogP contribution in [0, 0.1) is 5.92 Å². The first-order valence-corrected chi connectivity index (χ1v) is 7.64. The van der Waals surface area contributed by atoms with Crippen LogP contribution < -0.4 is 0 Å². The van der Waals surface area contributed by atoms with Crippen LogP contribution >= 0.6 is 15.9 Å². The molecule has 0 N–H and O–H groups in total. The summed E-state index contributed by atoms with van der Waals surface area (Å²) in [5.41, 5.74) is 0. The maximum atomic E-state index is 3.78. The summed E-state index contributed by atoms with van der Waals surface area (Å²) < 4.78 is 0. The van der Waals surface area contributed by atoms with E-state index < -0.39 is 0 Å². The van der Waals surface area contributed by atoms with Gasteiger partial charge in [0.15, 0.2) is 0 Å². The molecule has 0 saturated carbocycles. The Morgan fingerprint density at radius 3 is 2.33 bits per heavy atom. The topological polar surface area (TPSA) is 0 Å². The third-order valence-electron chi connectivity index (χ3n) is 2.96. The van der Waals surface area contributed by atoms with Crippen LogP contribution in [0.2, 0.25) is 0 Å². The fourth-order valence-electron chi connectivity index (χ4n) is 1.87. The van der Waals surface area contributed by atoms with Gasteiger partial charge in [-0.15, -0.1) is 6.58 Å². The summed E-state index contributed by atoms with van der Waals surface area (Å²) in [6, 6.07) is 0. The van der Waals surface area contributed by atoms with Gasteiger partial charge in [0, 0.05) is 5.33 Å². The minimum absolute atomic E-state index is 0.870. The van der Waals surface area contributed by atoms with E-state index in [1.807, 2.05) is 6.08 Å². The van der Waals surface area contributed by atoms with Gasteiger partial charge in [0.1, 0.15) is 0 Å². The van der Waals surface area contributed by atoms with E-state index in [0.717, 1.165) is 11.2 Å². The van der Waals surface area contributed by atoms with Crippen LogP contribution in [0.1, 0.15) is 64.7 Å². The summed E-state index contributed by atoms with van der Waals surface area (Å²) in [6.07, 6.45) is 14.4. The molecule has 0 aliphatic heterocycles. The predicted molar refractivity (Wildman–Crippen MR) is 74.7 cm³/mol. The van der Waals surface area contributed by atoms with E-state index in [1.165, 1.54) is 57.8 Å². The summed E-state index contributed by atoms with van der Waals surface area (Å²) in [7, 11) is 0. The van der Waals surface area contributed by atoms with Gasteiger partial charge >= 0.3 is 0 Å². The molecule has 1 heteroatoms. The highest BCUT2D eigenvalue weighted by atomic mass is 79.9. The molecule has 0 aliphatic carbocycles. The second-order valence-corrected chi connectivity index (χ2v) is 5.09. The van der Waals surface area contributed by atoms with Crippen LogP contribution in [0.3, 0.4) is 0 Å². The van der Waals surface area contributed by atoms with Crippen molar-refractivity contribution in [3.8, 4) is 0 Å². The number of hydrogen-bond donors (Lipinski definition) is 0. The predicted octanol–water partition coefficient (Wildman–Crippen LogP) is 5.71. The van der Waals surface area contributed by atoms with Gasteiger partial charge < -0.3 is 0 Å². The molecule has 15 heavy (non-hydrogen) atoms. The molecule has 0 aromatic heterocycles. The summed E-state index contributed by atoms with van der Waals surface area (Å²) in [6.45, 7) is 6.06. The lowest BCUT2D eigenvalue weighted by Crippen LogP contribution is -2.01. The number of alkyl halides is 1. The minimum Gasteiger partial charge on any atom is -0.103 e. The summed E-state index contributed by atoms with van der Waals surface area (Å²) in [5.74, 6) is 0.870. The molecule has 0 nitrogen and oxygen atoms in total. The molecule has 0 bridgehead atoms. The summed E-state index contributed by atoms with van der Waals surface area (Å²) in [4.78, 5) is 0. The quantitative estimate of drug-likeness (QED) is 0.257. The van der Waals surface area contributed by atoms with Gasteiger partial charge in [0.25, 0.3) is 0 Å². The highest BCUT2D eigenvalue weighted by Gasteiger charge is 2.05. The first-order valence-electron chi connectivity index (χ1n) is 6.52. The standard InChI is InChI=1S/C14H27Br/c1-3-5-7-8-9-10-12-14(13-15)11-6-4-2/h4,14H,2-3,5-13H2,1H3. The van der Waals surface area contributed by atoms with Gasteiger partial charge in [-0.1, -0.05) is 67.5 Å². The fourth-order valence-corrected chi connectivity index (χ4v) is 2.51. The van der Waals surface area contributed by atoms with Crippen molar-refractivity contribution >= 4 is 15.9 Å². The maximum Gasteiger partial charge on any atom is 0.00597 e. The Kier molecular flexibility index (Phi) is 12.5. The lowest BCUT2D eigenvalue weighted by molar-refractivity contribution is 0.467. The zero-order chi connectivity index (χ0) is 11.4. The van der Waals surface area contributed by atoms with Crippen molar-refractivity contribution in [3.63, 3.8) is 0 Å². The van der Waals surface area contributed by atoms with E-state index in [1.54, 1.807) is 0 Å². The normalized spacial score (nSPS) is 12.7. The molecule has 0 aromatic rings. The number of hydrogen-bond acceptors (Lipinski definition) is 0. The van der Waals surface area contributed by atoms with Crippen molar-refractivity contribution in [1.29, 1.82) is 0 Å². The van der Waals surface area contributed by atoms with Gasteiger partial charge in [-0.2, -0.15) is 0 Å². The van der Waals surface area contributed by atoms with Crippen molar-refractivity contribution in [2.24, 2.45) is 5.92 Å². The van der Waals surface area contributed by atoms with Crippen LogP contribution in [0.4, 0.5) is 0 Å². The second-order valence-electron chi connectivity index (χ2n) is 4.44. The van der Waals surface area contributed by atoms with E-state index >= 15 is 0 Å². The Balaban J connectivity index is 3.26. The Labute approximate surface area is 105 Å². The largest absolute Gasteiger partial charge is 0.103 e. The van der Waals surface area contributed by atoms with E-state index in [2.05, 4.69) is 29.4 Å². The van der Waals surface area contributed by atoms with Gasteiger partial charge in [0.05, 0.1) is 0 Å². The van der Waals surface area contributed by atoms with Crippen LogP contribution in [-0.4, -0.2) is 5.33 Å². The molecule has 0 aromatic carbocycles. The van der Waals surface area contributed by atoms with E-state index in [4.69, 9.17) is 0 Å². The fraction of sp³-hybridized carbons (Fsp3) is 0.857. The molecular formula is C14H27Br. The third-order valence-corrected chi connectivity index (χ3v) is 3.88. The van der Waals surface area contributed by atoms with Crippen molar-refractivity contribution < 1.29 is 0 Å². The zero-order valence-electron chi connectivity index (χ0n) is 10.3. The van der Waals surface area contributed by atoms with Gasteiger partial charge in [-0.05, 0) is 25.2 Å². The molecule has 0 spiro atoms. The Morgan fingerprint density at radius 2 is 1.73 bits per heavy atom. The molecule has 0 amide bonds. The van der Waals surface area contributed by atoms with Gasteiger partial charge in [-0.3, -0.25) is 0 Å². The third kappa shape index (κ3) is 10.5. The summed E-state index contributed by atoms with van der Waals surface area (Å²) in [5, 5.41) is 1.16. The molecule has 0 heterocycles.